The summed E-state index contributed by atoms with van der Waals surface area (Å²) in [6, 6.07) is 0.243. The van der Waals surface area contributed by atoms with E-state index in [-0.39, 0.29) is 11.9 Å². The molecular formula is C16H24N4O. The minimum absolute atomic E-state index is 0.194. The summed E-state index contributed by atoms with van der Waals surface area (Å²) in [5, 5.41) is 3.45. The minimum Gasteiger partial charge on any atom is -0.307 e. The van der Waals surface area contributed by atoms with Crippen LogP contribution in [0.1, 0.15) is 56.2 Å². The number of aryl methyl sites for hydroxylation is 1. The number of nitrogens with zero attached hydrogens (tertiary/aromatic N) is 3. The quantitative estimate of drug-likeness (QED) is 0.926. The smallest absolute Gasteiger partial charge is 0.228 e. The number of anilines is 1. The number of carbonyl (C=O) groups is 1. The van der Waals surface area contributed by atoms with Crippen LogP contribution in [0.4, 0.5) is 5.82 Å². The maximum Gasteiger partial charge on any atom is 0.228 e. The van der Waals surface area contributed by atoms with Gasteiger partial charge in [0.05, 0.1) is 6.04 Å². The van der Waals surface area contributed by atoms with Crippen molar-refractivity contribution in [1.29, 1.82) is 0 Å². The van der Waals surface area contributed by atoms with Gasteiger partial charge in [-0.2, -0.15) is 0 Å². The molecule has 1 saturated heterocycles. The van der Waals surface area contributed by atoms with Crippen LogP contribution in [0.3, 0.4) is 0 Å². The monoisotopic (exact) mass is 288 g/mol. The van der Waals surface area contributed by atoms with Crippen molar-refractivity contribution in [2.24, 2.45) is 5.92 Å². The Morgan fingerprint density at radius 1 is 1.33 bits per heavy atom. The molecule has 1 aromatic rings. The van der Waals surface area contributed by atoms with Crippen LogP contribution >= 0.6 is 0 Å². The minimum atomic E-state index is 0.194. The summed E-state index contributed by atoms with van der Waals surface area (Å²) in [7, 11) is 0. The SMILES string of the molecule is Cc1nc([C@@H]2CCCN2)nc2c1CCC(=O)N2CC(C)C. The summed E-state index contributed by atoms with van der Waals surface area (Å²) in [6.45, 7) is 8.07. The Balaban J connectivity index is 2.01. The molecule has 0 aromatic carbocycles. The van der Waals surface area contributed by atoms with Gasteiger partial charge >= 0.3 is 0 Å². The number of carbonyl (C=O) groups excluding carboxylic acids is 1. The summed E-state index contributed by atoms with van der Waals surface area (Å²) >= 11 is 0. The normalized spacial score (nSPS) is 22.0. The van der Waals surface area contributed by atoms with Crippen LogP contribution in [0.5, 0.6) is 0 Å². The van der Waals surface area contributed by atoms with Gasteiger partial charge in [-0.1, -0.05) is 13.8 Å². The van der Waals surface area contributed by atoms with Crippen LogP contribution in [0.2, 0.25) is 0 Å². The van der Waals surface area contributed by atoms with E-state index in [1.807, 2.05) is 11.8 Å². The second kappa shape index (κ2) is 5.72. The molecular weight excluding hydrogens is 264 g/mol. The third-order valence-corrected chi connectivity index (χ3v) is 4.27. The van der Waals surface area contributed by atoms with Crippen LogP contribution in [0.15, 0.2) is 0 Å². The molecule has 3 heterocycles. The first-order valence-electron chi connectivity index (χ1n) is 7.97. The van der Waals surface area contributed by atoms with Gasteiger partial charge in [0, 0.05) is 24.2 Å². The zero-order chi connectivity index (χ0) is 15.0. The van der Waals surface area contributed by atoms with Crippen LogP contribution in [-0.4, -0.2) is 29.0 Å². The highest BCUT2D eigenvalue weighted by molar-refractivity contribution is 5.95. The largest absolute Gasteiger partial charge is 0.307 e. The summed E-state index contributed by atoms with van der Waals surface area (Å²) < 4.78 is 0. The van der Waals surface area contributed by atoms with Gasteiger partial charge in [0.1, 0.15) is 11.6 Å². The Morgan fingerprint density at radius 3 is 2.81 bits per heavy atom. The van der Waals surface area contributed by atoms with Crippen molar-refractivity contribution in [3.8, 4) is 0 Å². The van der Waals surface area contributed by atoms with Gasteiger partial charge in [-0.15, -0.1) is 0 Å². The van der Waals surface area contributed by atoms with E-state index in [0.717, 1.165) is 48.8 Å². The Kier molecular flexibility index (Phi) is 3.93. The Labute approximate surface area is 126 Å². The highest BCUT2D eigenvalue weighted by Gasteiger charge is 2.30. The first-order valence-corrected chi connectivity index (χ1v) is 7.97. The Hall–Kier alpha value is -1.49. The lowest BCUT2D eigenvalue weighted by atomic mass is 10.0. The van der Waals surface area contributed by atoms with Gasteiger partial charge in [-0.3, -0.25) is 9.69 Å². The maximum absolute atomic E-state index is 12.3. The van der Waals surface area contributed by atoms with Gasteiger partial charge in [0.25, 0.3) is 0 Å². The molecule has 5 heteroatoms. The van der Waals surface area contributed by atoms with E-state index in [1.54, 1.807) is 0 Å². The van der Waals surface area contributed by atoms with Gasteiger partial charge < -0.3 is 5.32 Å². The summed E-state index contributed by atoms with van der Waals surface area (Å²) in [6.07, 6.45) is 3.59. The van der Waals surface area contributed by atoms with Crippen molar-refractivity contribution in [3.05, 3.63) is 17.1 Å². The first kappa shape index (κ1) is 14.4. The fourth-order valence-electron chi connectivity index (χ4n) is 3.22. The molecule has 3 rings (SSSR count). The molecule has 0 radical (unpaired) electrons. The summed E-state index contributed by atoms with van der Waals surface area (Å²) in [5.41, 5.74) is 2.18. The first-order chi connectivity index (χ1) is 10.1. The molecule has 1 fully saturated rings. The topological polar surface area (TPSA) is 58.1 Å². The molecule has 0 aliphatic carbocycles. The van der Waals surface area contributed by atoms with Crippen molar-refractivity contribution < 1.29 is 4.79 Å². The molecule has 0 spiro atoms. The number of hydrogen-bond donors (Lipinski definition) is 1. The highest BCUT2D eigenvalue weighted by Crippen LogP contribution is 2.31. The zero-order valence-corrected chi connectivity index (χ0v) is 13.1. The van der Waals surface area contributed by atoms with Gasteiger partial charge in [0.15, 0.2) is 0 Å². The molecule has 0 saturated carbocycles. The molecule has 2 aliphatic heterocycles. The number of aromatic nitrogens is 2. The van der Waals surface area contributed by atoms with Crippen molar-refractivity contribution in [3.63, 3.8) is 0 Å². The van der Waals surface area contributed by atoms with E-state index in [1.165, 1.54) is 6.42 Å². The molecule has 0 bridgehead atoms. The third-order valence-electron chi connectivity index (χ3n) is 4.27. The molecule has 1 N–H and O–H groups in total. The van der Waals surface area contributed by atoms with E-state index in [4.69, 9.17) is 9.97 Å². The fraction of sp³-hybridized carbons (Fsp3) is 0.688. The molecule has 1 aromatic heterocycles. The van der Waals surface area contributed by atoms with E-state index in [0.29, 0.717) is 12.3 Å². The number of hydrogen-bond acceptors (Lipinski definition) is 4. The van der Waals surface area contributed by atoms with Crippen molar-refractivity contribution >= 4 is 11.7 Å². The van der Waals surface area contributed by atoms with E-state index in [9.17, 15) is 4.79 Å². The molecule has 21 heavy (non-hydrogen) atoms. The van der Waals surface area contributed by atoms with Gasteiger partial charge in [-0.05, 0) is 38.6 Å². The van der Waals surface area contributed by atoms with Gasteiger partial charge in [0.2, 0.25) is 5.91 Å². The summed E-state index contributed by atoms with van der Waals surface area (Å²) in [5.74, 6) is 2.34. The lowest BCUT2D eigenvalue weighted by molar-refractivity contribution is -0.119. The Bertz CT molecular complexity index is 549. The van der Waals surface area contributed by atoms with E-state index in [2.05, 4.69) is 19.2 Å². The molecule has 1 atom stereocenters. The van der Waals surface area contributed by atoms with Crippen molar-refractivity contribution in [1.82, 2.24) is 15.3 Å². The van der Waals surface area contributed by atoms with Crippen LogP contribution in [0.25, 0.3) is 0 Å². The highest BCUT2D eigenvalue weighted by atomic mass is 16.2. The number of rotatable bonds is 3. The van der Waals surface area contributed by atoms with Crippen molar-refractivity contribution in [2.45, 2.75) is 52.5 Å². The Morgan fingerprint density at radius 2 is 2.14 bits per heavy atom. The van der Waals surface area contributed by atoms with E-state index < -0.39 is 0 Å². The van der Waals surface area contributed by atoms with E-state index >= 15 is 0 Å². The van der Waals surface area contributed by atoms with Crippen LogP contribution in [0, 0.1) is 12.8 Å². The lowest BCUT2D eigenvalue weighted by Crippen LogP contribution is -2.39. The average molecular weight is 288 g/mol. The molecule has 5 nitrogen and oxygen atoms in total. The average Bonchev–Trinajstić information content (AvgIpc) is 2.95. The molecule has 2 aliphatic rings. The molecule has 114 valence electrons. The second-order valence-corrected chi connectivity index (χ2v) is 6.52. The standard InChI is InChI=1S/C16H24N4O/c1-10(2)9-20-14(21)7-6-12-11(3)18-15(19-16(12)20)13-5-4-8-17-13/h10,13,17H,4-9H2,1-3H3/t13-/m0/s1. The lowest BCUT2D eigenvalue weighted by Gasteiger charge is -2.31. The maximum atomic E-state index is 12.3. The number of amides is 1. The molecule has 1 amide bonds. The summed E-state index contributed by atoms with van der Waals surface area (Å²) in [4.78, 5) is 23.6. The van der Waals surface area contributed by atoms with Crippen LogP contribution < -0.4 is 10.2 Å². The molecule has 0 unspecified atom stereocenters. The zero-order valence-electron chi connectivity index (χ0n) is 13.1. The number of nitrogens with one attached hydrogen (secondary N) is 1. The number of fused-ring (bicyclic) bond motifs is 1. The predicted molar refractivity (Wildman–Crippen MR) is 82.3 cm³/mol. The predicted octanol–water partition coefficient (Wildman–Crippen LogP) is 2.14. The van der Waals surface area contributed by atoms with Crippen molar-refractivity contribution in [2.75, 3.05) is 18.0 Å². The van der Waals surface area contributed by atoms with Gasteiger partial charge in [-0.25, -0.2) is 9.97 Å². The fourth-order valence-corrected chi connectivity index (χ4v) is 3.22. The van der Waals surface area contributed by atoms with Crippen LogP contribution in [-0.2, 0) is 11.2 Å². The second-order valence-electron chi connectivity index (χ2n) is 6.52. The third kappa shape index (κ3) is 2.79.